The Balaban J connectivity index is 1.67. The van der Waals surface area contributed by atoms with E-state index in [0.29, 0.717) is 6.54 Å². The smallest absolute Gasteiger partial charge is 0.250 e. The minimum atomic E-state index is -3.63. The van der Waals surface area contributed by atoms with Crippen molar-refractivity contribution in [3.05, 3.63) is 46.8 Å². The Bertz CT molecular complexity index is 827. The number of sulfonamides is 1. The maximum absolute atomic E-state index is 12.3. The van der Waals surface area contributed by atoms with E-state index in [1.165, 1.54) is 11.3 Å². The average molecular weight is 350 g/mol. The van der Waals surface area contributed by atoms with E-state index in [0.717, 1.165) is 29.0 Å². The van der Waals surface area contributed by atoms with Crippen molar-refractivity contribution >= 4 is 33.0 Å². The van der Waals surface area contributed by atoms with Gasteiger partial charge in [-0.3, -0.25) is 4.79 Å². The third-order valence-electron chi connectivity index (χ3n) is 3.85. The fourth-order valence-electron chi connectivity index (χ4n) is 2.61. The second-order valence-corrected chi connectivity index (χ2v) is 8.49. The first kappa shape index (κ1) is 16.2. The number of carbonyl (C=O) groups excluding carboxylic acids is 1. The first-order valence-electron chi connectivity index (χ1n) is 7.48. The maximum Gasteiger partial charge on any atom is 0.250 e. The van der Waals surface area contributed by atoms with Gasteiger partial charge in [0.2, 0.25) is 5.91 Å². The molecule has 1 N–H and O–H groups in total. The second kappa shape index (κ2) is 6.43. The normalized spacial score (nSPS) is 14.0. The van der Waals surface area contributed by atoms with Crippen LogP contribution in [0.4, 0.5) is 5.69 Å². The van der Waals surface area contributed by atoms with Gasteiger partial charge < -0.3 is 4.90 Å². The Morgan fingerprint density at radius 3 is 2.78 bits per heavy atom. The number of nitrogens with zero attached hydrogens (tertiary/aromatic N) is 1. The Morgan fingerprint density at radius 2 is 2.04 bits per heavy atom. The minimum absolute atomic E-state index is 0.226. The van der Waals surface area contributed by atoms with Crippen molar-refractivity contribution in [3.8, 4) is 0 Å². The number of rotatable bonds is 5. The lowest BCUT2D eigenvalue weighted by atomic mass is 10.2. The van der Waals surface area contributed by atoms with Crippen LogP contribution in [-0.2, 0) is 27.7 Å². The summed E-state index contributed by atoms with van der Waals surface area (Å²) in [5.74, 6) is -0.231. The van der Waals surface area contributed by atoms with Gasteiger partial charge in [-0.25, -0.2) is 13.1 Å². The first-order chi connectivity index (χ1) is 11.0. The van der Waals surface area contributed by atoms with E-state index >= 15 is 0 Å². The van der Waals surface area contributed by atoms with Gasteiger partial charge in [0.15, 0.2) is 0 Å². The maximum atomic E-state index is 12.3. The van der Waals surface area contributed by atoms with E-state index in [1.54, 1.807) is 17.0 Å². The van der Waals surface area contributed by atoms with Gasteiger partial charge >= 0.3 is 0 Å². The van der Waals surface area contributed by atoms with Crippen LogP contribution in [0.15, 0.2) is 40.6 Å². The Hall–Kier alpha value is -1.70. The average Bonchev–Trinajstić information content (AvgIpc) is 3.19. The number of benzene rings is 1. The van der Waals surface area contributed by atoms with Crippen molar-refractivity contribution in [3.63, 3.8) is 0 Å². The molecule has 1 aliphatic heterocycles. The van der Waals surface area contributed by atoms with Crippen molar-refractivity contribution in [2.75, 3.05) is 18.0 Å². The standard InChI is InChI=1S/C16H18N2O3S2/c1-2-13-7-8-16(22-13)23(20,21)17-11-15(19)18-10-9-12-5-3-4-6-14(12)18/h3-8,17H,2,9-11H2,1H3. The van der Waals surface area contributed by atoms with Crippen molar-refractivity contribution < 1.29 is 13.2 Å². The van der Waals surface area contributed by atoms with Crippen molar-refractivity contribution in [1.29, 1.82) is 0 Å². The van der Waals surface area contributed by atoms with Crippen LogP contribution in [0.3, 0.4) is 0 Å². The van der Waals surface area contributed by atoms with Gasteiger partial charge in [0.1, 0.15) is 4.21 Å². The van der Waals surface area contributed by atoms with Gasteiger partial charge in [-0.05, 0) is 36.6 Å². The quantitative estimate of drug-likeness (QED) is 0.899. The molecular weight excluding hydrogens is 332 g/mol. The summed E-state index contributed by atoms with van der Waals surface area (Å²) < 4.78 is 27.2. The Morgan fingerprint density at radius 1 is 1.26 bits per heavy atom. The van der Waals surface area contributed by atoms with Crippen LogP contribution in [0.5, 0.6) is 0 Å². The second-order valence-electron chi connectivity index (χ2n) is 5.32. The molecule has 0 radical (unpaired) electrons. The van der Waals surface area contributed by atoms with E-state index in [-0.39, 0.29) is 16.7 Å². The lowest BCUT2D eigenvalue weighted by molar-refractivity contribution is -0.117. The summed E-state index contributed by atoms with van der Waals surface area (Å²) in [4.78, 5) is 15.0. The van der Waals surface area contributed by atoms with Crippen LogP contribution < -0.4 is 9.62 Å². The summed E-state index contributed by atoms with van der Waals surface area (Å²) in [6.07, 6.45) is 1.60. The molecule has 0 saturated heterocycles. The topological polar surface area (TPSA) is 66.5 Å². The molecule has 0 bridgehead atoms. The molecule has 0 fully saturated rings. The van der Waals surface area contributed by atoms with Crippen LogP contribution >= 0.6 is 11.3 Å². The van der Waals surface area contributed by atoms with Crippen molar-refractivity contribution in [2.24, 2.45) is 0 Å². The highest BCUT2D eigenvalue weighted by atomic mass is 32.2. The third-order valence-corrected chi connectivity index (χ3v) is 6.97. The van der Waals surface area contributed by atoms with E-state index in [2.05, 4.69) is 4.72 Å². The number of hydrogen-bond acceptors (Lipinski definition) is 4. The summed E-state index contributed by atoms with van der Waals surface area (Å²) in [6.45, 7) is 2.35. The van der Waals surface area contributed by atoms with Crippen LogP contribution in [0.1, 0.15) is 17.4 Å². The molecule has 0 saturated carbocycles. The van der Waals surface area contributed by atoms with Gasteiger partial charge in [0, 0.05) is 17.1 Å². The number of hydrogen-bond donors (Lipinski definition) is 1. The van der Waals surface area contributed by atoms with E-state index in [9.17, 15) is 13.2 Å². The molecule has 1 aliphatic rings. The highest BCUT2D eigenvalue weighted by Gasteiger charge is 2.25. The zero-order valence-corrected chi connectivity index (χ0v) is 14.4. The van der Waals surface area contributed by atoms with Crippen LogP contribution in [0.25, 0.3) is 0 Å². The molecule has 122 valence electrons. The molecule has 2 heterocycles. The fraction of sp³-hybridized carbons (Fsp3) is 0.312. The number of amides is 1. The fourth-order valence-corrected chi connectivity index (χ4v) is 4.93. The van der Waals surface area contributed by atoms with Crippen LogP contribution in [0.2, 0.25) is 0 Å². The third kappa shape index (κ3) is 3.31. The van der Waals surface area contributed by atoms with E-state index < -0.39 is 10.0 Å². The predicted octanol–water partition coefficient (Wildman–Crippen LogP) is 2.18. The van der Waals surface area contributed by atoms with Gasteiger partial charge in [0.05, 0.1) is 6.54 Å². The van der Waals surface area contributed by atoms with E-state index in [1.807, 2.05) is 31.2 Å². The molecule has 7 heteroatoms. The molecule has 23 heavy (non-hydrogen) atoms. The number of aryl methyl sites for hydroxylation is 1. The molecule has 1 aromatic carbocycles. The predicted molar refractivity (Wildman–Crippen MR) is 91.4 cm³/mol. The summed E-state index contributed by atoms with van der Waals surface area (Å²) >= 11 is 1.24. The molecule has 0 spiro atoms. The summed E-state index contributed by atoms with van der Waals surface area (Å²) in [6, 6.07) is 11.1. The van der Waals surface area contributed by atoms with Gasteiger partial charge in [-0.15, -0.1) is 11.3 Å². The van der Waals surface area contributed by atoms with Gasteiger partial charge in [0.25, 0.3) is 10.0 Å². The highest BCUT2D eigenvalue weighted by Crippen LogP contribution is 2.27. The summed E-state index contributed by atoms with van der Waals surface area (Å²) in [5.41, 5.74) is 2.00. The molecular formula is C16H18N2O3S2. The minimum Gasteiger partial charge on any atom is -0.311 e. The molecule has 0 aliphatic carbocycles. The van der Waals surface area contributed by atoms with Crippen LogP contribution in [-0.4, -0.2) is 27.4 Å². The first-order valence-corrected chi connectivity index (χ1v) is 9.78. The van der Waals surface area contributed by atoms with Gasteiger partial charge in [-0.1, -0.05) is 25.1 Å². The molecule has 2 aromatic rings. The molecule has 3 rings (SSSR count). The number of nitrogens with one attached hydrogen (secondary N) is 1. The lowest BCUT2D eigenvalue weighted by Crippen LogP contribution is -2.39. The Kier molecular flexibility index (Phi) is 4.52. The summed E-state index contributed by atoms with van der Waals surface area (Å²) in [5, 5.41) is 0. The zero-order chi connectivity index (χ0) is 16.4. The van der Waals surface area contributed by atoms with Crippen molar-refractivity contribution in [2.45, 2.75) is 24.0 Å². The van der Waals surface area contributed by atoms with E-state index in [4.69, 9.17) is 0 Å². The number of para-hydroxylation sites is 1. The highest BCUT2D eigenvalue weighted by molar-refractivity contribution is 7.91. The Labute approximate surface area is 140 Å². The number of fused-ring (bicyclic) bond motifs is 1. The van der Waals surface area contributed by atoms with Gasteiger partial charge in [-0.2, -0.15) is 0 Å². The largest absolute Gasteiger partial charge is 0.311 e. The van der Waals surface area contributed by atoms with Crippen molar-refractivity contribution in [1.82, 2.24) is 4.72 Å². The lowest BCUT2D eigenvalue weighted by Gasteiger charge is -2.17. The molecule has 0 unspecified atom stereocenters. The molecule has 5 nitrogen and oxygen atoms in total. The zero-order valence-electron chi connectivity index (χ0n) is 12.8. The van der Waals surface area contributed by atoms with Crippen LogP contribution in [0, 0.1) is 0 Å². The number of carbonyl (C=O) groups is 1. The molecule has 0 atom stereocenters. The number of thiophene rings is 1. The number of anilines is 1. The monoisotopic (exact) mass is 350 g/mol. The molecule has 1 amide bonds. The summed E-state index contributed by atoms with van der Waals surface area (Å²) in [7, 11) is -3.63. The molecule has 1 aromatic heterocycles. The SMILES string of the molecule is CCc1ccc(S(=O)(=O)NCC(=O)N2CCc3ccccc32)s1.